The van der Waals surface area contributed by atoms with E-state index in [0.29, 0.717) is 24.4 Å². The zero-order valence-electron chi connectivity index (χ0n) is 27.5. The molecule has 1 aromatic heterocycles. The summed E-state index contributed by atoms with van der Waals surface area (Å²) in [4.78, 5) is 29.4. The fraction of sp³-hybridized carbons (Fsp3) is 0.486. The number of hydrogen-bond acceptors (Lipinski definition) is 3. The van der Waals surface area contributed by atoms with E-state index in [0.717, 1.165) is 29.8 Å². The average molecular weight is 676 g/mol. The first kappa shape index (κ1) is 35.6. The van der Waals surface area contributed by atoms with Crippen molar-refractivity contribution < 1.29 is 27.5 Å². The van der Waals surface area contributed by atoms with Gasteiger partial charge in [-0.1, -0.05) is 70.7 Å². The topological polar surface area (TPSA) is 54.8 Å². The van der Waals surface area contributed by atoms with E-state index in [2.05, 4.69) is 19.6 Å². The number of amides is 2. The van der Waals surface area contributed by atoms with Crippen molar-refractivity contribution >= 4 is 31.7 Å². The van der Waals surface area contributed by atoms with Crippen molar-refractivity contribution in [2.75, 3.05) is 32.1 Å². The summed E-state index contributed by atoms with van der Waals surface area (Å²) in [5.41, 5.74) is 1.60. The molecule has 2 amide bonds. The SMILES string of the molecule is CC(C)(C)[C@H](c1cc(-c2cc(F)ccc2F)cn1Cc1ccccc1)N(CC1CN(C(=O)OCC[Si](C)(C)C)C[C@@H]1F)C(=O)CCl. The van der Waals surface area contributed by atoms with Crippen LogP contribution in [-0.2, 0) is 16.1 Å². The van der Waals surface area contributed by atoms with Crippen LogP contribution in [0.4, 0.5) is 18.0 Å². The normalized spacial score (nSPS) is 17.7. The summed E-state index contributed by atoms with van der Waals surface area (Å²) < 4.78 is 52.3. The van der Waals surface area contributed by atoms with Crippen molar-refractivity contribution in [1.29, 1.82) is 0 Å². The van der Waals surface area contributed by atoms with Crippen LogP contribution in [-0.4, -0.2) is 72.7 Å². The molecule has 0 spiro atoms. The average Bonchev–Trinajstić information content (AvgIpc) is 3.55. The smallest absolute Gasteiger partial charge is 0.409 e. The number of benzene rings is 2. The standard InChI is InChI=1S/C35H45ClF3N3O3Si/c1-35(2,3)33(42(32(43)18-36)22-26-21-41(23-30(26)39)34(44)45-14-15-46(4,5)6)31-16-25(28-17-27(37)12-13-29(28)38)20-40(31)19-24-10-8-7-9-11-24/h7-13,16-17,20,26,30,33H,14-15,18-19,21-23H2,1-6H3/t26?,30-,33-/m0/s1. The van der Waals surface area contributed by atoms with Crippen LogP contribution < -0.4 is 0 Å². The molecule has 0 saturated carbocycles. The largest absolute Gasteiger partial charge is 0.450 e. The molecule has 1 aliphatic rings. The van der Waals surface area contributed by atoms with Crippen LogP contribution in [0.2, 0.25) is 25.7 Å². The second-order valence-electron chi connectivity index (χ2n) is 14.4. The van der Waals surface area contributed by atoms with Crippen molar-refractivity contribution in [3.63, 3.8) is 0 Å². The summed E-state index contributed by atoms with van der Waals surface area (Å²) in [5, 5.41) is 0. The molecule has 6 nitrogen and oxygen atoms in total. The van der Waals surface area contributed by atoms with Crippen molar-refractivity contribution in [2.45, 2.75) is 65.2 Å². The Kier molecular flexibility index (Phi) is 11.4. The lowest BCUT2D eigenvalue weighted by Crippen LogP contribution is -2.46. The summed E-state index contributed by atoms with van der Waals surface area (Å²) >= 11 is 6.17. The molecule has 3 aromatic rings. The first-order valence-corrected chi connectivity index (χ1v) is 19.9. The van der Waals surface area contributed by atoms with E-state index >= 15 is 8.78 Å². The van der Waals surface area contributed by atoms with Gasteiger partial charge >= 0.3 is 6.09 Å². The van der Waals surface area contributed by atoms with Crippen LogP contribution in [0.25, 0.3) is 11.1 Å². The van der Waals surface area contributed by atoms with Gasteiger partial charge in [0.1, 0.15) is 23.7 Å². The molecule has 3 atom stereocenters. The van der Waals surface area contributed by atoms with Crippen LogP contribution in [0.3, 0.4) is 0 Å². The Labute approximate surface area is 276 Å². The molecule has 1 aliphatic heterocycles. The molecule has 46 heavy (non-hydrogen) atoms. The molecular formula is C35H45ClF3N3O3Si. The van der Waals surface area contributed by atoms with Crippen LogP contribution in [0, 0.1) is 23.0 Å². The van der Waals surface area contributed by atoms with Crippen LogP contribution in [0.1, 0.15) is 38.1 Å². The number of halogens is 4. The molecule has 1 unspecified atom stereocenters. The zero-order valence-corrected chi connectivity index (χ0v) is 29.3. The third-order valence-electron chi connectivity index (χ3n) is 8.34. The van der Waals surface area contributed by atoms with Gasteiger partial charge in [0.25, 0.3) is 0 Å². The maximum Gasteiger partial charge on any atom is 0.409 e. The Morgan fingerprint density at radius 2 is 1.76 bits per heavy atom. The molecule has 0 bridgehead atoms. The molecule has 0 N–H and O–H groups in total. The van der Waals surface area contributed by atoms with Gasteiger partial charge in [0.15, 0.2) is 0 Å². The fourth-order valence-corrected chi connectivity index (χ4v) is 6.85. The maximum absolute atomic E-state index is 15.6. The third kappa shape index (κ3) is 8.97. The minimum absolute atomic E-state index is 0.00746. The third-order valence-corrected chi connectivity index (χ3v) is 10.3. The lowest BCUT2D eigenvalue weighted by molar-refractivity contribution is -0.134. The van der Waals surface area contributed by atoms with Gasteiger partial charge in [-0.15, -0.1) is 11.6 Å². The van der Waals surface area contributed by atoms with E-state index < -0.39 is 55.3 Å². The second kappa shape index (κ2) is 14.7. The van der Waals surface area contributed by atoms with Gasteiger partial charge in [0.2, 0.25) is 5.91 Å². The van der Waals surface area contributed by atoms with Gasteiger partial charge in [-0.2, -0.15) is 0 Å². The summed E-state index contributed by atoms with van der Waals surface area (Å²) in [7, 11) is -1.42. The zero-order chi connectivity index (χ0) is 33.8. The first-order chi connectivity index (χ1) is 21.6. The number of carbonyl (C=O) groups is 2. The minimum atomic E-state index is -1.42. The summed E-state index contributed by atoms with van der Waals surface area (Å²) in [6, 6.07) is 14.9. The van der Waals surface area contributed by atoms with E-state index in [4.69, 9.17) is 16.3 Å². The monoisotopic (exact) mass is 675 g/mol. The molecule has 0 aliphatic carbocycles. The molecule has 4 rings (SSSR count). The van der Waals surface area contributed by atoms with E-state index in [1.54, 1.807) is 17.2 Å². The maximum atomic E-state index is 15.6. The fourth-order valence-electron chi connectivity index (χ4n) is 5.98. The highest BCUT2D eigenvalue weighted by Gasteiger charge is 2.43. The number of alkyl halides is 2. The van der Waals surface area contributed by atoms with Gasteiger partial charge < -0.3 is 19.1 Å². The number of rotatable bonds is 11. The van der Waals surface area contributed by atoms with E-state index in [1.807, 2.05) is 55.7 Å². The van der Waals surface area contributed by atoms with Crippen molar-refractivity contribution in [3.05, 3.63) is 83.7 Å². The number of likely N-dealkylation sites (tertiary alicyclic amines) is 1. The van der Waals surface area contributed by atoms with Crippen LogP contribution in [0.15, 0.2) is 60.8 Å². The second-order valence-corrected chi connectivity index (χ2v) is 20.3. The summed E-state index contributed by atoms with van der Waals surface area (Å²) in [6.07, 6.45) is -0.165. The quantitative estimate of drug-likeness (QED) is 0.152. The highest BCUT2D eigenvalue weighted by molar-refractivity contribution is 6.76. The van der Waals surface area contributed by atoms with E-state index in [-0.39, 0.29) is 31.1 Å². The Morgan fingerprint density at radius 1 is 1.07 bits per heavy atom. The molecular weight excluding hydrogens is 631 g/mol. The van der Waals surface area contributed by atoms with Crippen molar-refractivity contribution in [1.82, 2.24) is 14.4 Å². The Hall–Kier alpha value is -3.24. The van der Waals surface area contributed by atoms with Crippen LogP contribution >= 0.6 is 11.6 Å². The predicted molar refractivity (Wildman–Crippen MR) is 179 cm³/mol. The van der Waals surface area contributed by atoms with Gasteiger partial charge in [-0.3, -0.25) is 4.79 Å². The van der Waals surface area contributed by atoms with Gasteiger partial charge in [0, 0.05) is 56.6 Å². The molecule has 11 heteroatoms. The Balaban J connectivity index is 1.71. The summed E-state index contributed by atoms with van der Waals surface area (Å²) in [5.74, 6) is -2.54. The number of aromatic nitrogens is 1. The predicted octanol–water partition coefficient (Wildman–Crippen LogP) is 8.38. The van der Waals surface area contributed by atoms with Gasteiger partial charge in [0.05, 0.1) is 19.2 Å². The number of carbonyl (C=O) groups excluding carboxylic acids is 2. The lowest BCUT2D eigenvalue weighted by atomic mass is 9.82. The highest BCUT2D eigenvalue weighted by Crippen LogP contribution is 2.42. The molecule has 1 saturated heterocycles. The molecule has 250 valence electrons. The number of ether oxygens (including phenoxy) is 1. The highest BCUT2D eigenvalue weighted by atomic mass is 35.5. The number of hydrogen-bond donors (Lipinski definition) is 0. The first-order valence-electron chi connectivity index (χ1n) is 15.7. The number of nitrogens with zero attached hydrogens (tertiary/aromatic N) is 3. The van der Waals surface area contributed by atoms with Gasteiger partial charge in [-0.25, -0.2) is 18.0 Å². The molecule has 0 radical (unpaired) electrons. The minimum Gasteiger partial charge on any atom is -0.450 e. The van der Waals surface area contributed by atoms with Crippen LogP contribution in [0.5, 0.6) is 0 Å². The Bertz CT molecular complexity index is 1510. The van der Waals surface area contributed by atoms with E-state index in [1.165, 1.54) is 4.90 Å². The Morgan fingerprint density at radius 3 is 2.39 bits per heavy atom. The van der Waals surface area contributed by atoms with Gasteiger partial charge in [-0.05, 0) is 41.3 Å². The molecule has 1 fully saturated rings. The van der Waals surface area contributed by atoms with E-state index in [9.17, 15) is 14.0 Å². The lowest BCUT2D eigenvalue weighted by Gasteiger charge is -2.42. The van der Waals surface area contributed by atoms with Crippen molar-refractivity contribution in [3.8, 4) is 11.1 Å². The van der Waals surface area contributed by atoms with Crippen molar-refractivity contribution in [2.24, 2.45) is 11.3 Å². The summed E-state index contributed by atoms with van der Waals surface area (Å²) in [6.45, 7) is 13.2. The molecule has 2 aromatic carbocycles. The molecule has 2 heterocycles.